The van der Waals surface area contributed by atoms with Crippen LogP contribution in [0.25, 0.3) is 0 Å². The third-order valence-corrected chi connectivity index (χ3v) is 3.47. The van der Waals surface area contributed by atoms with E-state index in [9.17, 15) is 4.39 Å². The number of aryl methyl sites for hydroxylation is 2. The summed E-state index contributed by atoms with van der Waals surface area (Å²) in [4.78, 5) is 8.30. The fourth-order valence-electron chi connectivity index (χ4n) is 2.09. The van der Waals surface area contributed by atoms with E-state index >= 15 is 0 Å². The summed E-state index contributed by atoms with van der Waals surface area (Å²) in [5.74, 6) is 1.64. The number of guanidine groups is 1. The standard InChI is InChI=1S/C16H22FN5O/c1-10-5-6-13(9-14(10)17)11(2)20-16(18-4)19-8-7-15-21-12(3)22-23-15/h5-6,9,11H,7-8H2,1-4H3,(H2,18,19,20). The van der Waals surface area contributed by atoms with Crippen LogP contribution < -0.4 is 10.6 Å². The fraction of sp³-hybridized carbons (Fsp3) is 0.438. The fourth-order valence-corrected chi connectivity index (χ4v) is 2.09. The average Bonchev–Trinajstić information content (AvgIpc) is 2.94. The molecule has 0 bridgehead atoms. The second-order valence-electron chi connectivity index (χ2n) is 5.36. The largest absolute Gasteiger partial charge is 0.356 e. The van der Waals surface area contributed by atoms with E-state index in [1.807, 2.05) is 13.0 Å². The number of nitrogens with zero attached hydrogens (tertiary/aromatic N) is 3. The molecule has 1 aromatic heterocycles. The zero-order chi connectivity index (χ0) is 16.8. The van der Waals surface area contributed by atoms with Crippen LogP contribution in [0, 0.1) is 19.7 Å². The Morgan fingerprint density at radius 2 is 2.17 bits per heavy atom. The molecular weight excluding hydrogens is 297 g/mol. The Kier molecular flexibility index (Phi) is 5.67. The van der Waals surface area contributed by atoms with E-state index in [1.54, 1.807) is 33.0 Å². The van der Waals surface area contributed by atoms with Crippen LogP contribution in [0.3, 0.4) is 0 Å². The maximum Gasteiger partial charge on any atom is 0.228 e. The molecule has 0 spiro atoms. The zero-order valence-corrected chi connectivity index (χ0v) is 13.9. The van der Waals surface area contributed by atoms with Gasteiger partial charge in [0.15, 0.2) is 11.8 Å². The molecule has 0 fully saturated rings. The normalized spacial score (nSPS) is 13.0. The molecule has 0 radical (unpaired) electrons. The van der Waals surface area contributed by atoms with Crippen LogP contribution >= 0.6 is 0 Å². The molecule has 0 aliphatic carbocycles. The third kappa shape index (κ3) is 4.77. The summed E-state index contributed by atoms with van der Waals surface area (Å²) < 4.78 is 18.7. The third-order valence-electron chi connectivity index (χ3n) is 3.47. The second-order valence-corrected chi connectivity index (χ2v) is 5.36. The molecule has 124 valence electrons. The summed E-state index contributed by atoms with van der Waals surface area (Å²) in [5.41, 5.74) is 1.50. The van der Waals surface area contributed by atoms with Gasteiger partial charge in [0, 0.05) is 20.0 Å². The lowest BCUT2D eigenvalue weighted by molar-refractivity contribution is 0.374. The van der Waals surface area contributed by atoms with Crippen LogP contribution in [0.4, 0.5) is 4.39 Å². The summed E-state index contributed by atoms with van der Waals surface area (Å²) >= 11 is 0. The smallest absolute Gasteiger partial charge is 0.228 e. The van der Waals surface area contributed by atoms with Crippen LogP contribution in [0.15, 0.2) is 27.7 Å². The summed E-state index contributed by atoms with van der Waals surface area (Å²) in [5, 5.41) is 10.1. The van der Waals surface area contributed by atoms with E-state index in [0.717, 1.165) is 5.56 Å². The highest BCUT2D eigenvalue weighted by Gasteiger charge is 2.10. The van der Waals surface area contributed by atoms with E-state index in [-0.39, 0.29) is 11.9 Å². The van der Waals surface area contributed by atoms with Gasteiger partial charge in [-0.25, -0.2) is 4.39 Å². The van der Waals surface area contributed by atoms with Gasteiger partial charge in [0.1, 0.15) is 5.82 Å². The van der Waals surface area contributed by atoms with Crippen molar-refractivity contribution in [1.82, 2.24) is 20.8 Å². The average molecular weight is 319 g/mol. The van der Waals surface area contributed by atoms with Crippen molar-refractivity contribution in [2.45, 2.75) is 33.2 Å². The quantitative estimate of drug-likeness (QED) is 0.653. The molecule has 2 N–H and O–H groups in total. The molecule has 0 aliphatic heterocycles. The molecule has 1 heterocycles. The van der Waals surface area contributed by atoms with Gasteiger partial charge in [-0.15, -0.1) is 0 Å². The molecule has 1 aromatic carbocycles. The highest BCUT2D eigenvalue weighted by atomic mass is 19.1. The Morgan fingerprint density at radius 1 is 1.39 bits per heavy atom. The van der Waals surface area contributed by atoms with Gasteiger partial charge in [-0.1, -0.05) is 17.3 Å². The van der Waals surface area contributed by atoms with E-state index in [4.69, 9.17) is 4.52 Å². The molecule has 2 rings (SSSR count). The first-order valence-electron chi connectivity index (χ1n) is 7.52. The Balaban J connectivity index is 1.87. The molecule has 0 aliphatic rings. The van der Waals surface area contributed by atoms with Gasteiger partial charge in [-0.2, -0.15) is 4.98 Å². The number of hydrogen-bond acceptors (Lipinski definition) is 4. The van der Waals surface area contributed by atoms with Crippen molar-refractivity contribution in [3.63, 3.8) is 0 Å². The first-order valence-corrected chi connectivity index (χ1v) is 7.52. The number of halogens is 1. The minimum atomic E-state index is -0.203. The molecule has 1 atom stereocenters. The maximum absolute atomic E-state index is 13.7. The second kappa shape index (κ2) is 7.71. The number of nitrogens with one attached hydrogen (secondary N) is 2. The topological polar surface area (TPSA) is 75.3 Å². The minimum Gasteiger partial charge on any atom is -0.356 e. The number of hydrogen-bond donors (Lipinski definition) is 2. The number of rotatable bonds is 5. The van der Waals surface area contributed by atoms with Gasteiger partial charge in [0.25, 0.3) is 0 Å². The van der Waals surface area contributed by atoms with Crippen molar-refractivity contribution in [3.05, 3.63) is 46.9 Å². The van der Waals surface area contributed by atoms with Gasteiger partial charge in [0.05, 0.1) is 6.04 Å². The van der Waals surface area contributed by atoms with Gasteiger partial charge in [-0.3, -0.25) is 4.99 Å². The lowest BCUT2D eigenvalue weighted by atomic mass is 10.1. The predicted octanol–water partition coefficient (Wildman–Crippen LogP) is 2.29. The minimum absolute atomic E-state index is 0.0676. The zero-order valence-electron chi connectivity index (χ0n) is 13.9. The summed E-state index contributed by atoms with van der Waals surface area (Å²) in [6.07, 6.45) is 0.606. The van der Waals surface area contributed by atoms with Crippen molar-refractivity contribution in [3.8, 4) is 0 Å². The van der Waals surface area contributed by atoms with E-state index < -0.39 is 0 Å². The van der Waals surface area contributed by atoms with Gasteiger partial charge >= 0.3 is 0 Å². The highest BCUT2D eigenvalue weighted by Crippen LogP contribution is 2.16. The summed E-state index contributed by atoms with van der Waals surface area (Å²) in [6, 6.07) is 5.16. The Labute approximate surface area is 135 Å². The van der Waals surface area contributed by atoms with Crippen LogP contribution in [0.1, 0.15) is 35.8 Å². The predicted molar refractivity (Wildman–Crippen MR) is 86.8 cm³/mol. The SMILES string of the molecule is CN=C(NCCc1nc(C)no1)NC(C)c1ccc(C)c(F)c1. The monoisotopic (exact) mass is 319 g/mol. The molecule has 2 aromatic rings. The first kappa shape index (κ1) is 16.9. The Morgan fingerprint density at radius 3 is 2.78 bits per heavy atom. The summed E-state index contributed by atoms with van der Waals surface area (Å²) in [6.45, 7) is 6.09. The molecule has 23 heavy (non-hydrogen) atoms. The Hall–Kier alpha value is -2.44. The molecular formula is C16H22FN5O. The summed E-state index contributed by atoms with van der Waals surface area (Å²) in [7, 11) is 1.69. The van der Waals surface area contributed by atoms with E-state index in [1.165, 1.54) is 0 Å². The van der Waals surface area contributed by atoms with Crippen LogP contribution in [0.2, 0.25) is 0 Å². The van der Waals surface area contributed by atoms with Gasteiger partial charge in [0.2, 0.25) is 5.89 Å². The lowest BCUT2D eigenvalue weighted by Gasteiger charge is -2.18. The molecule has 1 unspecified atom stereocenters. The number of aliphatic imine (C=N–C) groups is 1. The lowest BCUT2D eigenvalue weighted by Crippen LogP contribution is -2.39. The van der Waals surface area contributed by atoms with Crippen molar-refractivity contribution >= 4 is 5.96 Å². The van der Waals surface area contributed by atoms with Gasteiger partial charge < -0.3 is 15.2 Å². The van der Waals surface area contributed by atoms with Crippen LogP contribution in [-0.2, 0) is 6.42 Å². The van der Waals surface area contributed by atoms with Crippen LogP contribution in [-0.4, -0.2) is 29.7 Å². The van der Waals surface area contributed by atoms with Crippen molar-refractivity contribution in [1.29, 1.82) is 0 Å². The molecule has 6 nitrogen and oxygen atoms in total. The van der Waals surface area contributed by atoms with Crippen molar-refractivity contribution in [2.75, 3.05) is 13.6 Å². The van der Waals surface area contributed by atoms with Gasteiger partial charge in [-0.05, 0) is 38.0 Å². The van der Waals surface area contributed by atoms with Crippen molar-refractivity contribution < 1.29 is 8.91 Å². The van der Waals surface area contributed by atoms with E-state index in [0.29, 0.717) is 36.2 Å². The molecule has 0 saturated carbocycles. The Bertz CT molecular complexity index is 683. The highest BCUT2D eigenvalue weighted by molar-refractivity contribution is 5.80. The van der Waals surface area contributed by atoms with E-state index in [2.05, 4.69) is 25.8 Å². The van der Waals surface area contributed by atoms with Crippen molar-refractivity contribution in [2.24, 2.45) is 4.99 Å². The molecule has 0 saturated heterocycles. The van der Waals surface area contributed by atoms with Crippen LogP contribution in [0.5, 0.6) is 0 Å². The molecule has 0 amide bonds. The molecule has 7 heteroatoms. The number of benzene rings is 1. The maximum atomic E-state index is 13.7. The number of aromatic nitrogens is 2. The first-order chi connectivity index (χ1) is 11.0.